The molecule has 0 aliphatic carbocycles. The Morgan fingerprint density at radius 1 is 0.778 bits per heavy atom. The fourth-order valence-electron chi connectivity index (χ4n) is 3.23. The van der Waals surface area contributed by atoms with Crippen LogP contribution in [0, 0.1) is 0 Å². The van der Waals surface area contributed by atoms with Crippen LogP contribution in [0.25, 0.3) is 0 Å². The molecule has 0 aliphatic rings. The Labute approximate surface area is 213 Å². The first kappa shape index (κ1) is 28.6. The summed E-state index contributed by atoms with van der Waals surface area (Å²) in [6, 6.07) is 9.84. The van der Waals surface area contributed by atoms with Gasteiger partial charge in [0.05, 0.1) is 6.61 Å². The number of aromatic hydroxyl groups is 1. The molecule has 0 saturated heterocycles. The zero-order valence-electron chi connectivity index (χ0n) is 19.3. The van der Waals surface area contributed by atoms with E-state index in [1.807, 2.05) is 0 Å². The van der Waals surface area contributed by atoms with Gasteiger partial charge in [0, 0.05) is 18.6 Å². The Morgan fingerprint density at radius 2 is 1.25 bits per heavy atom. The molecule has 0 saturated carbocycles. The van der Waals surface area contributed by atoms with Crippen molar-refractivity contribution in [2.45, 2.75) is 37.0 Å². The molecule has 2 aromatic rings. The number of rotatable bonds is 13. The molecule has 0 spiro atoms. The summed E-state index contributed by atoms with van der Waals surface area (Å²) in [4.78, 5) is 49.9. The molecule has 4 atom stereocenters. The standard InChI is InChI=1S/C24H30N4O7S/c25-17(12-29)21(31)26-18(10-14-4-2-1-3-5-14)22(32)27-19(11-15-6-8-16(30)9-7-15)23(33)28-20(13-36)24(34)35/h1-9,17-20,29-30,36H,10-13,25H2,(H,26,31)(H,27,32)(H,28,33)(H,34,35). The highest BCUT2D eigenvalue weighted by atomic mass is 32.1. The fraction of sp³-hybridized carbons (Fsp3) is 0.333. The van der Waals surface area contributed by atoms with Crippen molar-refractivity contribution in [3.63, 3.8) is 0 Å². The molecule has 0 heterocycles. The second kappa shape index (κ2) is 14.1. The maximum absolute atomic E-state index is 13.3. The number of aliphatic carboxylic acids is 1. The van der Waals surface area contributed by atoms with E-state index in [-0.39, 0.29) is 24.3 Å². The molecule has 3 amide bonds. The fourth-order valence-corrected chi connectivity index (χ4v) is 3.48. The van der Waals surface area contributed by atoms with Crippen LogP contribution in [0.1, 0.15) is 11.1 Å². The number of phenols is 1. The Hall–Kier alpha value is -3.61. The number of hydrogen-bond donors (Lipinski definition) is 8. The predicted octanol–water partition coefficient (Wildman–Crippen LogP) is -1.03. The van der Waals surface area contributed by atoms with Gasteiger partial charge in [-0.1, -0.05) is 42.5 Å². The Morgan fingerprint density at radius 3 is 1.72 bits per heavy atom. The average molecular weight is 519 g/mol. The summed E-state index contributed by atoms with van der Waals surface area (Å²) >= 11 is 3.94. The van der Waals surface area contributed by atoms with E-state index in [9.17, 15) is 34.5 Å². The maximum atomic E-state index is 13.3. The van der Waals surface area contributed by atoms with Crippen LogP contribution < -0.4 is 21.7 Å². The summed E-state index contributed by atoms with van der Waals surface area (Å²) in [5.74, 6) is -3.69. The molecule has 0 radical (unpaired) electrons. The lowest BCUT2D eigenvalue weighted by Gasteiger charge is -2.25. The molecule has 8 N–H and O–H groups in total. The smallest absolute Gasteiger partial charge is 0.327 e. The lowest BCUT2D eigenvalue weighted by atomic mass is 10.0. The van der Waals surface area contributed by atoms with E-state index < -0.39 is 54.5 Å². The summed E-state index contributed by atoms with van der Waals surface area (Å²) in [6.07, 6.45) is 0.0391. The van der Waals surface area contributed by atoms with E-state index in [1.54, 1.807) is 42.5 Å². The number of phenolic OH excluding ortho intramolecular Hbond substituents is 1. The molecule has 194 valence electrons. The van der Waals surface area contributed by atoms with Crippen molar-refractivity contribution < 1.29 is 34.5 Å². The molecular formula is C24H30N4O7S. The number of carbonyl (C=O) groups excluding carboxylic acids is 3. The minimum atomic E-state index is -1.29. The Bertz CT molecular complexity index is 1040. The highest BCUT2D eigenvalue weighted by molar-refractivity contribution is 7.80. The van der Waals surface area contributed by atoms with E-state index in [0.717, 1.165) is 5.56 Å². The summed E-state index contributed by atoms with van der Waals surface area (Å²) in [5, 5.41) is 35.4. The SMILES string of the molecule is NC(CO)C(=O)NC(Cc1ccccc1)C(=O)NC(Cc1ccc(O)cc1)C(=O)NC(CS)C(=O)O. The van der Waals surface area contributed by atoms with Crippen molar-refractivity contribution in [1.82, 2.24) is 16.0 Å². The van der Waals surface area contributed by atoms with Crippen molar-refractivity contribution in [2.24, 2.45) is 5.73 Å². The Balaban J connectivity index is 2.29. The molecule has 2 aromatic carbocycles. The Kier molecular flexibility index (Phi) is 11.2. The van der Waals surface area contributed by atoms with E-state index >= 15 is 0 Å². The van der Waals surface area contributed by atoms with Crippen LogP contribution in [0.2, 0.25) is 0 Å². The van der Waals surface area contributed by atoms with Gasteiger partial charge in [0.25, 0.3) is 0 Å². The molecule has 0 bridgehead atoms. The highest BCUT2D eigenvalue weighted by Gasteiger charge is 2.30. The van der Waals surface area contributed by atoms with E-state index in [4.69, 9.17) is 5.73 Å². The maximum Gasteiger partial charge on any atom is 0.327 e. The number of carbonyl (C=O) groups is 4. The van der Waals surface area contributed by atoms with Gasteiger partial charge >= 0.3 is 5.97 Å². The summed E-state index contributed by atoms with van der Waals surface area (Å²) in [7, 11) is 0. The first-order valence-corrected chi connectivity index (χ1v) is 11.7. The van der Waals surface area contributed by atoms with Gasteiger partial charge in [-0.05, 0) is 23.3 Å². The number of nitrogens with two attached hydrogens (primary N) is 1. The zero-order chi connectivity index (χ0) is 26.7. The van der Waals surface area contributed by atoms with Gasteiger partial charge in [-0.15, -0.1) is 0 Å². The number of nitrogens with one attached hydrogen (secondary N) is 3. The van der Waals surface area contributed by atoms with Crippen LogP contribution in [0.4, 0.5) is 0 Å². The van der Waals surface area contributed by atoms with Gasteiger partial charge in [-0.25, -0.2) is 4.79 Å². The van der Waals surface area contributed by atoms with Crippen molar-refractivity contribution in [3.05, 3.63) is 65.7 Å². The second-order valence-electron chi connectivity index (χ2n) is 8.05. The number of thiol groups is 1. The second-order valence-corrected chi connectivity index (χ2v) is 8.42. The minimum absolute atomic E-state index is 0.00987. The molecule has 0 fully saturated rings. The van der Waals surface area contributed by atoms with Gasteiger partial charge < -0.3 is 37.0 Å². The molecule has 4 unspecified atom stereocenters. The van der Waals surface area contributed by atoms with Gasteiger partial charge in [-0.2, -0.15) is 12.6 Å². The largest absolute Gasteiger partial charge is 0.508 e. The lowest BCUT2D eigenvalue weighted by Crippen LogP contribution is -2.58. The van der Waals surface area contributed by atoms with Crippen LogP contribution in [0.3, 0.4) is 0 Å². The molecule has 11 nitrogen and oxygen atoms in total. The van der Waals surface area contributed by atoms with Gasteiger partial charge in [0.1, 0.15) is 29.9 Å². The highest BCUT2D eigenvalue weighted by Crippen LogP contribution is 2.12. The van der Waals surface area contributed by atoms with E-state index in [0.29, 0.717) is 5.56 Å². The monoisotopic (exact) mass is 518 g/mol. The minimum Gasteiger partial charge on any atom is -0.508 e. The van der Waals surface area contributed by atoms with Gasteiger partial charge in [0.2, 0.25) is 17.7 Å². The molecule has 12 heteroatoms. The van der Waals surface area contributed by atoms with Crippen molar-refractivity contribution in [2.75, 3.05) is 12.4 Å². The third-order valence-corrected chi connectivity index (χ3v) is 5.62. The van der Waals surface area contributed by atoms with Gasteiger partial charge in [0.15, 0.2) is 0 Å². The first-order valence-electron chi connectivity index (χ1n) is 11.1. The average Bonchev–Trinajstić information content (AvgIpc) is 2.87. The molecule has 36 heavy (non-hydrogen) atoms. The third kappa shape index (κ3) is 8.87. The van der Waals surface area contributed by atoms with Crippen LogP contribution >= 0.6 is 12.6 Å². The molecule has 0 aliphatic heterocycles. The number of amides is 3. The molecule has 2 rings (SSSR count). The number of carboxylic acids is 1. The van der Waals surface area contributed by atoms with Crippen LogP contribution in [-0.4, -0.2) is 75.5 Å². The number of benzene rings is 2. The quantitative estimate of drug-likeness (QED) is 0.154. The van der Waals surface area contributed by atoms with Crippen LogP contribution in [0.15, 0.2) is 54.6 Å². The number of aliphatic hydroxyl groups is 1. The number of hydrogen-bond acceptors (Lipinski definition) is 8. The number of aliphatic hydroxyl groups excluding tert-OH is 1. The van der Waals surface area contributed by atoms with Gasteiger partial charge in [-0.3, -0.25) is 14.4 Å². The van der Waals surface area contributed by atoms with Crippen LogP contribution in [-0.2, 0) is 32.0 Å². The molecular weight excluding hydrogens is 488 g/mol. The normalized spacial score (nSPS) is 14.1. The van der Waals surface area contributed by atoms with Crippen molar-refractivity contribution in [1.29, 1.82) is 0 Å². The number of carboxylic acid groups (broad SMARTS) is 1. The summed E-state index contributed by atoms with van der Waals surface area (Å²) in [6.45, 7) is -0.627. The van der Waals surface area contributed by atoms with E-state index in [1.165, 1.54) is 12.1 Å². The topological polar surface area (TPSA) is 191 Å². The summed E-state index contributed by atoms with van der Waals surface area (Å²) in [5.41, 5.74) is 6.88. The third-order valence-electron chi connectivity index (χ3n) is 5.26. The molecule has 0 aromatic heterocycles. The summed E-state index contributed by atoms with van der Waals surface area (Å²) < 4.78 is 0. The van der Waals surface area contributed by atoms with Crippen molar-refractivity contribution >= 4 is 36.3 Å². The lowest BCUT2D eigenvalue weighted by molar-refractivity contribution is -0.141. The van der Waals surface area contributed by atoms with Crippen LogP contribution in [0.5, 0.6) is 5.75 Å². The van der Waals surface area contributed by atoms with Crippen molar-refractivity contribution in [3.8, 4) is 5.75 Å². The van der Waals surface area contributed by atoms with E-state index in [2.05, 4.69) is 28.6 Å². The zero-order valence-corrected chi connectivity index (χ0v) is 20.2. The first-order chi connectivity index (χ1) is 17.1. The predicted molar refractivity (Wildman–Crippen MR) is 134 cm³/mol.